The maximum Gasteiger partial charge on any atom is 0.255 e. The molecule has 18 heavy (non-hydrogen) atoms. The minimum atomic E-state index is 0.0457. The largest absolute Gasteiger partial charge is 0.354 e. The summed E-state index contributed by atoms with van der Waals surface area (Å²) in [6.45, 7) is 2.42. The standard InChI is InChI=1S/C13H20N4O/c1-9-4-5-10(12(18)17(9)3)8-15-13(14-2)16-11-6-7-11/h4-5,11H,6-8H2,1-3H3,(H2,14,15,16). The predicted molar refractivity (Wildman–Crippen MR) is 72.8 cm³/mol. The van der Waals surface area contributed by atoms with Gasteiger partial charge in [-0.3, -0.25) is 9.79 Å². The third-order valence-electron chi connectivity index (χ3n) is 3.22. The summed E-state index contributed by atoms with van der Waals surface area (Å²) in [5.41, 5.74) is 1.76. The molecule has 1 fully saturated rings. The lowest BCUT2D eigenvalue weighted by Crippen LogP contribution is -2.39. The van der Waals surface area contributed by atoms with Crippen LogP contribution in [0.5, 0.6) is 0 Å². The van der Waals surface area contributed by atoms with Gasteiger partial charge >= 0.3 is 0 Å². The first-order valence-electron chi connectivity index (χ1n) is 6.24. The fourth-order valence-corrected chi connectivity index (χ4v) is 1.71. The molecule has 2 rings (SSSR count). The van der Waals surface area contributed by atoms with E-state index in [-0.39, 0.29) is 5.56 Å². The second-order valence-electron chi connectivity index (χ2n) is 4.71. The van der Waals surface area contributed by atoms with Gasteiger partial charge in [-0.15, -0.1) is 0 Å². The number of rotatable bonds is 3. The van der Waals surface area contributed by atoms with Crippen LogP contribution in [-0.4, -0.2) is 23.6 Å². The Morgan fingerprint density at radius 1 is 1.50 bits per heavy atom. The monoisotopic (exact) mass is 248 g/mol. The highest BCUT2D eigenvalue weighted by Gasteiger charge is 2.22. The van der Waals surface area contributed by atoms with Gasteiger partial charge in [-0.05, 0) is 25.8 Å². The second kappa shape index (κ2) is 5.25. The zero-order valence-electron chi connectivity index (χ0n) is 11.2. The highest BCUT2D eigenvalue weighted by Crippen LogP contribution is 2.18. The van der Waals surface area contributed by atoms with Crippen molar-refractivity contribution in [2.45, 2.75) is 32.4 Å². The maximum absolute atomic E-state index is 12.0. The molecule has 0 amide bonds. The number of aryl methyl sites for hydroxylation is 1. The van der Waals surface area contributed by atoms with E-state index in [0.29, 0.717) is 12.6 Å². The fraction of sp³-hybridized carbons (Fsp3) is 0.538. The van der Waals surface area contributed by atoms with Gasteiger partial charge < -0.3 is 15.2 Å². The number of hydrogen-bond donors (Lipinski definition) is 2. The van der Waals surface area contributed by atoms with Gasteiger partial charge in [0.25, 0.3) is 5.56 Å². The number of aliphatic imine (C=N–C) groups is 1. The van der Waals surface area contributed by atoms with Crippen molar-refractivity contribution in [3.63, 3.8) is 0 Å². The van der Waals surface area contributed by atoms with E-state index in [9.17, 15) is 4.79 Å². The Morgan fingerprint density at radius 3 is 2.83 bits per heavy atom. The third kappa shape index (κ3) is 2.91. The summed E-state index contributed by atoms with van der Waals surface area (Å²) in [6, 6.07) is 4.38. The van der Waals surface area contributed by atoms with E-state index in [4.69, 9.17) is 0 Å². The molecule has 1 aromatic rings. The van der Waals surface area contributed by atoms with Crippen LogP contribution in [0.4, 0.5) is 0 Å². The van der Waals surface area contributed by atoms with Crippen molar-refractivity contribution in [3.05, 3.63) is 33.7 Å². The number of pyridine rings is 1. The summed E-state index contributed by atoms with van der Waals surface area (Å²) >= 11 is 0. The molecule has 1 aliphatic rings. The summed E-state index contributed by atoms with van der Waals surface area (Å²) in [5.74, 6) is 0.764. The highest BCUT2D eigenvalue weighted by molar-refractivity contribution is 5.80. The average molecular weight is 248 g/mol. The van der Waals surface area contributed by atoms with Gasteiger partial charge in [-0.1, -0.05) is 6.07 Å². The van der Waals surface area contributed by atoms with E-state index >= 15 is 0 Å². The molecular weight excluding hydrogens is 228 g/mol. The van der Waals surface area contributed by atoms with Crippen LogP contribution in [0.25, 0.3) is 0 Å². The highest BCUT2D eigenvalue weighted by atomic mass is 16.1. The topological polar surface area (TPSA) is 58.4 Å². The van der Waals surface area contributed by atoms with Crippen LogP contribution in [0, 0.1) is 6.92 Å². The number of aromatic nitrogens is 1. The summed E-state index contributed by atoms with van der Waals surface area (Å²) in [6.07, 6.45) is 2.40. The lowest BCUT2D eigenvalue weighted by Gasteiger charge is -2.12. The zero-order chi connectivity index (χ0) is 13.1. The van der Waals surface area contributed by atoms with Crippen molar-refractivity contribution < 1.29 is 0 Å². The minimum Gasteiger partial charge on any atom is -0.354 e. The Morgan fingerprint density at radius 2 is 2.22 bits per heavy atom. The summed E-state index contributed by atoms with van der Waals surface area (Å²) in [5, 5.41) is 6.46. The SMILES string of the molecule is CN=C(NCc1ccc(C)n(C)c1=O)NC1CC1. The van der Waals surface area contributed by atoms with Crippen molar-refractivity contribution >= 4 is 5.96 Å². The number of hydrogen-bond acceptors (Lipinski definition) is 2. The minimum absolute atomic E-state index is 0.0457. The zero-order valence-corrected chi connectivity index (χ0v) is 11.2. The van der Waals surface area contributed by atoms with E-state index in [1.807, 2.05) is 19.1 Å². The number of guanidine groups is 1. The summed E-state index contributed by atoms with van der Waals surface area (Å²) < 4.78 is 1.66. The van der Waals surface area contributed by atoms with Gasteiger partial charge in [-0.2, -0.15) is 0 Å². The number of nitrogens with zero attached hydrogens (tertiary/aromatic N) is 2. The van der Waals surface area contributed by atoms with E-state index < -0.39 is 0 Å². The lowest BCUT2D eigenvalue weighted by atomic mass is 10.2. The Kier molecular flexibility index (Phi) is 3.69. The van der Waals surface area contributed by atoms with Crippen LogP contribution in [-0.2, 0) is 13.6 Å². The van der Waals surface area contributed by atoms with Crippen molar-refractivity contribution in [2.75, 3.05) is 7.05 Å². The first-order valence-corrected chi connectivity index (χ1v) is 6.24. The second-order valence-corrected chi connectivity index (χ2v) is 4.71. The van der Waals surface area contributed by atoms with Gasteiger partial charge in [0, 0.05) is 37.9 Å². The normalized spacial score (nSPS) is 15.6. The molecule has 2 N–H and O–H groups in total. The Hall–Kier alpha value is -1.78. The first-order chi connectivity index (χ1) is 8.61. The van der Waals surface area contributed by atoms with Gasteiger partial charge in [-0.25, -0.2) is 0 Å². The molecule has 98 valence electrons. The van der Waals surface area contributed by atoms with Gasteiger partial charge in [0.1, 0.15) is 0 Å². The average Bonchev–Trinajstić information content (AvgIpc) is 3.17. The van der Waals surface area contributed by atoms with Crippen LogP contribution < -0.4 is 16.2 Å². The third-order valence-corrected chi connectivity index (χ3v) is 3.22. The maximum atomic E-state index is 12.0. The molecule has 1 aliphatic carbocycles. The van der Waals surface area contributed by atoms with Crippen LogP contribution in [0.1, 0.15) is 24.1 Å². The lowest BCUT2D eigenvalue weighted by molar-refractivity contribution is 0.760. The van der Waals surface area contributed by atoms with Crippen LogP contribution in [0.15, 0.2) is 21.9 Å². The summed E-state index contributed by atoms with van der Waals surface area (Å²) in [4.78, 5) is 16.1. The Labute approximate surface area is 107 Å². The predicted octanol–water partition coefficient (Wildman–Crippen LogP) is 0.521. The Bertz CT molecular complexity index is 514. The van der Waals surface area contributed by atoms with Gasteiger partial charge in [0.2, 0.25) is 0 Å². The molecule has 0 aliphatic heterocycles. The van der Waals surface area contributed by atoms with Crippen molar-refractivity contribution in [3.8, 4) is 0 Å². The van der Waals surface area contributed by atoms with E-state index in [1.165, 1.54) is 12.8 Å². The molecule has 1 saturated carbocycles. The molecule has 0 bridgehead atoms. The Balaban J connectivity index is 2.01. The van der Waals surface area contributed by atoms with E-state index in [2.05, 4.69) is 15.6 Å². The van der Waals surface area contributed by atoms with E-state index in [0.717, 1.165) is 17.2 Å². The van der Waals surface area contributed by atoms with E-state index in [1.54, 1.807) is 18.7 Å². The molecule has 0 saturated heterocycles. The van der Waals surface area contributed by atoms with Gasteiger partial charge in [0.15, 0.2) is 5.96 Å². The van der Waals surface area contributed by atoms with Crippen LogP contribution in [0.2, 0.25) is 0 Å². The van der Waals surface area contributed by atoms with Gasteiger partial charge in [0.05, 0.1) is 0 Å². The molecule has 0 radical (unpaired) electrons. The van der Waals surface area contributed by atoms with Crippen LogP contribution >= 0.6 is 0 Å². The molecule has 5 nitrogen and oxygen atoms in total. The molecule has 5 heteroatoms. The molecule has 1 heterocycles. The molecule has 0 unspecified atom stereocenters. The number of nitrogens with one attached hydrogen (secondary N) is 2. The fourth-order valence-electron chi connectivity index (χ4n) is 1.71. The smallest absolute Gasteiger partial charge is 0.255 e. The first kappa shape index (κ1) is 12.7. The van der Waals surface area contributed by atoms with Crippen molar-refractivity contribution in [1.29, 1.82) is 0 Å². The molecule has 0 spiro atoms. The van der Waals surface area contributed by atoms with Crippen molar-refractivity contribution in [1.82, 2.24) is 15.2 Å². The molecule has 1 aromatic heterocycles. The quantitative estimate of drug-likeness (QED) is 0.605. The van der Waals surface area contributed by atoms with Crippen LogP contribution in [0.3, 0.4) is 0 Å². The van der Waals surface area contributed by atoms with Crippen molar-refractivity contribution in [2.24, 2.45) is 12.0 Å². The molecular formula is C13H20N4O. The molecule has 0 aromatic carbocycles. The summed E-state index contributed by atoms with van der Waals surface area (Å²) in [7, 11) is 3.53. The molecule has 0 atom stereocenters.